The Kier molecular flexibility index (Phi) is 5.17. The quantitative estimate of drug-likeness (QED) is 0.506. The molecule has 1 N–H and O–H groups in total. The van der Waals surface area contributed by atoms with Crippen LogP contribution in [0.2, 0.25) is 0 Å². The zero-order valence-corrected chi connectivity index (χ0v) is 14.2. The van der Waals surface area contributed by atoms with E-state index in [-0.39, 0.29) is 17.6 Å². The van der Waals surface area contributed by atoms with Crippen molar-refractivity contribution in [2.24, 2.45) is 0 Å². The fraction of sp³-hybridized carbons (Fsp3) is 0.211. The summed E-state index contributed by atoms with van der Waals surface area (Å²) in [6, 6.07) is 11.5. The van der Waals surface area contributed by atoms with E-state index < -0.39 is 4.92 Å². The predicted octanol–water partition coefficient (Wildman–Crippen LogP) is 3.26. The lowest BCUT2D eigenvalue weighted by molar-refractivity contribution is -0.385. The highest BCUT2D eigenvalue weighted by atomic mass is 16.6. The number of ether oxygens (including phenoxy) is 2. The van der Waals surface area contributed by atoms with Crippen LogP contribution in [0.4, 0.5) is 5.69 Å². The second-order valence-electron chi connectivity index (χ2n) is 5.78. The molecule has 0 aromatic heterocycles. The molecule has 2 aromatic rings. The van der Waals surface area contributed by atoms with Gasteiger partial charge in [0.05, 0.1) is 16.5 Å². The SMILES string of the molecule is CC(NC(=O)/C=C/c1ccccc1[N+](=O)[O-])c1ccc2c(c1)OCCO2. The fourth-order valence-electron chi connectivity index (χ4n) is 2.63. The topological polar surface area (TPSA) is 90.7 Å². The molecule has 1 amide bonds. The van der Waals surface area contributed by atoms with E-state index in [1.165, 1.54) is 18.2 Å². The molecule has 0 saturated heterocycles. The number of hydrogen-bond donors (Lipinski definition) is 1. The fourth-order valence-corrected chi connectivity index (χ4v) is 2.63. The van der Waals surface area contributed by atoms with E-state index in [4.69, 9.17) is 9.47 Å². The van der Waals surface area contributed by atoms with Gasteiger partial charge in [-0.05, 0) is 36.8 Å². The van der Waals surface area contributed by atoms with Crippen molar-refractivity contribution in [3.63, 3.8) is 0 Å². The molecule has 0 fully saturated rings. The Morgan fingerprint density at radius 2 is 1.92 bits per heavy atom. The van der Waals surface area contributed by atoms with Crippen LogP contribution in [0.25, 0.3) is 6.08 Å². The zero-order valence-electron chi connectivity index (χ0n) is 14.2. The van der Waals surface area contributed by atoms with E-state index in [1.54, 1.807) is 18.2 Å². The monoisotopic (exact) mass is 354 g/mol. The van der Waals surface area contributed by atoms with Crippen LogP contribution in [-0.4, -0.2) is 24.0 Å². The normalized spacial score (nSPS) is 14.0. The lowest BCUT2D eigenvalue weighted by Crippen LogP contribution is -2.25. The second-order valence-corrected chi connectivity index (χ2v) is 5.78. The van der Waals surface area contributed by atoms with Gasteiger partial charge in [0.25, 0.3) is 5.69 Å². The van der Waals surface area contributed by atoms with E-state index in [9.17, 15) is 14.9 Å². The molecule has 0 radical (unpaired) electrons. The van der Waals surface area contributed by atoms with Crippen molar-refractivity contribution in [3.8, 4) is 11.5 Å². The van der Waals surface area contributed by atoms with Crippen molar-refractivity contribution < 1.29 is 19.2 Å². The van der Waals surface area contributed by atoms with Gasteiger partial charge >= 0.3 is 0 Å². The molecule has 134 valence electrons. The molecular weight excluding hydrogens is 336 g/mol. The summed E-state index contributed by atoms with van der Waals surface area (Å²) < 4.78 is 11.0. The van der Waals surface area contributed by atoms with Crippen molar-refractivity contribution in [3.05, 3.63) is 69.8 Å². The number of hydrogen-bond acceptors (Lipinski definition) is 5. The smallest absolute Gasteiger partial charge is 0.276 e. The maximum Gasteiger partial charge on any atom is 0.276 e. The van der Waals surface area contributed by atoms with E-state index in [2.05, 4.69) is 5.32 Å². The van der Waals surface area contributed by atoms with Gasteiger partial charge in [-0.15, -0.1) is 0 Å². The van der Waals surface area contributed by atoms with Gasteiger partial charge in [0.15, 0.2) is 11.5 Å². The number of para-hydroxylation sites is 1. The summed E-state index contributed by atoms with van der Waals surface area (Å²) in [4.78, 5) is 22.7. The highest BCUT2D eigenvalue weighted by Crippen LogP contribution is 2.32. The Morgan fingerprint density at radius 3 is 2.69 bits per heavy atom. The molecule has 1 heterocycles. The number of nitro benzene ring substituents is 1. The number of nitrogens with one attached hydrogen (secondary N) is 1. The van der Waals surface area contributed by atoms with Crippen molar-refractivity contribution in [1.29, 1.82) is 0 Å². The molecule has 1 atom stereocenters. The maximum atomic E-state index is 12.1. The number of fused-ring (bicyclic) bond motifs is 1. The maximum absolute atomic E-state index is 12.1. The van der Waals surface area contributed by atoms with E-state index >= 15 is 0 Å². The molecule has 7 nitrogen and oxygen atoms in total. The van der Waals surface area contributed by atoms with Gasteiger partial charge in [-0.3, -0.25) is 14.9 Å². The summed E-state index contributed by atoms with van der Waals surface area (Å²) in [5.74, 6) is 1.01. The van der Waals surface area contributed by atoms with Crippen LogP contribution in [0.5, 0.6) is 11.5 Å². The first-order chi connectivity index (χ1) is 12.5. The summed E-state index contributed by atoms with van der Waals surface area (Å²) in [6.45, 7) is 2.87. The first-order valence-corrected chi connectivity index (χ1v) is 8.16. The van der Waals surface area contributed by atoms with Crippen LogP contribution in [0.1, 0.15) is 24.1 Å². The summed E-state index contributed by atoms with van der Waals surface area (Å²) >= 11 is 0. The molecule has 2 aromatic carbocycles. The van der Waals surface area contributed by atoms with E-state index in [1.807, 2.05) is 25.1 Å². The number of nitrogens with zero attached hydrogens (tertiary/aromatic N) is 1. The minimum Gasteiger partial charge on any atom is -0.486 e. The van der Waals surface area contributed by atoms with Crippen LogP contribution in [0, 0.1) is 10.1 Å². The van der Waals surface area contributed by atoms with Crippen LogP contribution < -0.4 is 14.8 Å². The Bertz CT molecular complexity index is 863. The van der Waals surface area contributed by atoms with Crippen LogP contribution in [0.3, 0.4) is 0 Å². The summed E-state index contributed by atoms with van der Waals surface area (Å²) in [5.41, 5.74) is 1.21. The predicted molar refractivity (Wildman–Crippen MR) is 96.1 cm³/mol. The average Bonchev–Trinajstić information content (AvgIpc) is 2.66. The third-order valence-corrected chi connectivity index (χ3v) is 3.97. The van der Waals surface area contributed by atoms with E-state index in [0.29, 0.717) is 30.3 Å². The van der Waals surface area contributed by atoms with Crippen LogP contribution in [0.15, 0.2) is 48.5 Å². The Balaban J connectivity index is 1.67. The number of benzene rings is 2. The largest absolute Gasteiger partial charge is 0.486 e. The first kappa shape index (κ1) is 17.5. The Morgan fingerprint density at radius 1 is 1.19 bits per heavy atom. The van der Waals surface area contributed by atoms with Gasteiger partial charge in [-0.2, -0.15) is 0 Å². The lowest BCUT2D eigenvalue weighted by atomic mass is 10.1. The molecule has 0 bridgehead atoms. The minimum atomic E-state index is -0.477. The molecule has 7 heteroatoms. The lowest BCUT2D eigenvalue weighted by Gasteiger charge is -2.20. The summed E-state index contributed by atoms with van der Waals surface area (Å²) in [6.07, 6.45) is 2.72. The van der Waals surface area contributed by atoms with Gasteiger partial charge in [0, 0.05) is 12.1 Å². The third kappa shape index (κ3) is 4.00. The number of nitro groups is 1. The standard InChI is InChI=1S/C19H18N2O5/c1-13(15-6-8-17-18(12-15)26-11-10-25-17)20-19(22)9-7-14-4-2-3-5-16(14)21(23)24/h2-9,12-13H,10-11H2,1H3,(H,20,22)/b9-7+. The molecule has 0 saturated carbocycles. The first-order valence-electron chi connectivity index (χ1n) is 8.16. The second kappa shape index (κ2) is 7.69. The minimum absolute atomic E-state index is 0.0450. The molecule has 3 rings (SSSR count). The summed E-state index contributed by atoms with van der Waals surface area (Å²) in [5, 5.41) is 13.8. The van der Waals surface area contributed by atoms with Crippen molar-refractivity contribution in [2.45, 2.75) is 13.0 Å². The summed E-state index contributed by atoms with van der Waals surface area (Å²) in [7, 11) is 0. The van der Waals surface area contributed by atoms with Gasteiger partial charge < -0.3 is 14.8 Å². The Labute approximate surface area is 150 Å². The molecule has 1 unspecified atom stereocenters. The third-order valence-electron chi connectivity index (χ3n) is 3.97. The van der Waals surface area contributed by atoms with Gasteiger partial charge in [-0.25, -0.2) is 0 Å². The average molecular weight is 354 g/mol. The molecular formula is C19H18N2O5. The van der Waals surface area contributed by atoms with Crippen molar-refractivity contribution in [2.75, 3.05) is 13.2 Å². The molecule has 1 aliphatic rings. The zero-order chi connectivity index (χ0) is 18.5. The number of carbonyl (C=O) groups excluding carboxylic acids is 1. The number of amides is 1. The molecule has 1 aliphatic heterocycles. The van der Waals surface area contributed by atoms with Crippen LogP contribution >= 0.6 is 0 Å². The van der Waals surface area contributed by atoms with Crippen molar-refractivity contribution in [1.82, 2.24) is 5.32 Å². The van der Waals surface area contributed by atoms with Crippen molar-refractivity contribution >= 4 is 17.7 Å². The molecule has 0 spiro atoms. The highest BCUT2D eigenvalue weighted by Gasteiger charge is 2.15. The Hall–Kier alpha value is -3.35. The highest BCUT2D eigenvalue weighted by molar-refractivity contribution is 5.92. The van der Waals surface area contributed by atoms with Gasteiger partial charge in [-0.1, -0.05) is 18.2 Å². The van der Waals surface area contributed by atoms with E-state index in [0.717, 1.165) is 5.56 Å². The molecule has 0 aliphatic carbocycles. The van der Waals surface area contributed by atoms with Gasteiger partial charge in [0.1, 0.15) is 13.2 Å². The molecule has 26 heavy (non-hydrogen) atoms. The number of carbonyl (C=O) groups is 1. The number of rotatable bonds is 5. The van der Waals surface area contributed by atoms with Crippen LogP contribution in [-0.2, 0) is 4.79 Å². The van der Waals surface area contributed by atoms with Gasteiger partial charge in [0.2, 0.25) is 5.91 Å².